The molecule has 1 amide bonds. The maximum atomic E-state index is 12.8. The molecule has 0 radical (unpaired) electrons. The number of likely N-dealkylation sites (tertiary alicyclic amines) is 1. The lowest BCUT2D eigenvalue weighted by atomic mass is 9.94. The van der Waals surface area contributed by atoms with Gasteiger partial charge in [-0.15, -0.1) is 0 Å². The smallest absolute Gasteiger partial charge is 0.223 e. The first-order valence-corrected chi connectivity index (χ1v) is 11.2. The fraction of sp³-hybridized carbons (Fsp3) is 0.458. The SMILES string of the molecule is COc1ccc(C(OC2CCCC2)[C@@H]2CC(=O)N(Cc3ccc(Br)cc3)C2)cc1. The molecule has 2 aliphatic rings. The van der Waals surface area contributed by atoms with Gasteiger partial charge in [-0.2, -0.15) is 0 Å². The number of rotatable bonds is 7. The van der Waals surface area contributed by atoms with E-state index in [2.05, 4.69) is 40.2 Å². The highest BCUT2D eigenvalue weighted by Crippen LogP contribution is 2.38. The summed E-state index contributed by atoms with van der Waals surface area (Å²) >= 11 is 3.47. The summed E-state index contributed by atoms with van der Waals surface area (Å²) in [5, 5.41) is 0. The van der Waals surface area contributed by atoms with Crippen molar-refractivity contribution in [3.8, 4) is 5.75 Å². The van der Waals surface area contributed by atoms with Crippen LogP contribution in [-0.2, 0) is 16.1 Å². The fourth-order valence-electron chi connectivity index (χ4n) is 4.46. The number of ether oxygens (including phenoxy) is 2. The average Bonchev–Trinajstić information content (AvgIpc) is 3.38. The zero-order valence-corrected chi connectivity index (χ0v) is 18.4. The zero-order chi connectivity index (χ0) is 20.2. The number of carbonyl (C=O) groups excluding carboxylic acids is 1. The summed E-state index contributed by atoms with van der Waals surface area (Å²) in [5.74, 6) is 1.23. The molecule has 0 N–H and O–H groups in total. The molecule has 1 aliphatic carbocycles. The minimum atomic E-state index is -0.0529. The molecule has 1 saturated carbocycles. The number of hydrogen-bond donors (Lipinski definition) is 0. The maximum absolute atomic E-state index is 12.8. The highest BCUT2D eigenvalue weighted by Gasteiger charge is 2.37. The van der Waals surface area contributed by atoms with Gasteiger partial charge in [0.1, 0.15) is 5.75 Å². The molecule has 2 atom stereocenters. The summed E-state index contributed by atoms with van der Waals surface area (Å²) in [7, 11) is 1.68. The molecule has 29 heavy (non-hydrogen) atoms. The van der Waals surface area contributed by atoms with E-state index in [1.807, 2.05) is 29.2 Å². The van der Waals surface area contributed by atoms with Crippen molar-refractivity contribution in [2.24, 2.45) is 5.92 Å². The van der Waals surface area contributed by atoms with E-state index in [-0.39, 0.29) is 17.9 Å². The molecule has 2 fully saturated rings. The molecule has 1 aliphatic heterocycles. The van der Waals surface area contributed by atoms with Crippen molar-refractivity contribution in [2.45, 2.75) is 50.9 Å². The highest BCUT2D eigenvalue weighted by molar-refractivity contribution is 9.10. The number of carbonyl (C=O) groups is 1. The van der Waals surface area contributed by atoms with Gasteiger partial charge in [-0.3, -0.25) is 4.79 Å². The predicted molar refractivity (Wildman–Crippen MR) is 117 cm³/mol. The van der Waals surface area contributed by atoms with Crippen LogP contribution in [0.1, 0.15) is 49.3 Å². The Morgan fingerprint density at radius 3 is 2.41 bits per heavy atom. The number of halogens is 1. The average molecular weight is 458 g/mol. The molecular weight excluding hydrogens is 430 g/mol. The molecule has 154 valence electrons. The minimum absolute atomic E-state index is 0.0529. The second-order valence-corrected chi connectivity index (χ2v) is 9.02. The molecule has 1 heterocycles. The quantitative estimate of drug-likeness (QED) is 0.550. The Morgan fingerprint density at radius 2 is 1.76 bits per heavy atom. The number of benzene rings is 2. The maximum Gasteiger partial charge on any atom is 0.223 e. The van der Waals surface area contributed by atoms with Gasteiger partial charge in [0.2, 0.25) is 5.91 Å². The van der Waals surface area contributed by atoms with Crippen molar-refractivity contribution < 1.29 is 14.3 Å². The van der Waals surface area contributed by atoms with E-state index in [0.29, 0.717) is 19.1 Å². The second-order valence-electron chi connectivity index (χ2n) is 8.10. The summed E-state index contributed by atoms with van der Waals surface area (Å²) in [5.41, 5.74) is 2.29. The number of amides is 1. The van der Waals surface area contributed by atoms with Gasteiger partial charge in [0.05, 0.1) is 19.3 Å². The third-order valence-corrected chi connectivity index (χ3v) is 6.57. The summed E-state index contributed by atoms with van der Waals surface area (Å²) < 4.78 is 13.0. The van der Waals surface area contributed by atoms with E-state index in [4.69, 9.17) is 9.47 Å². The van der Waals surface area contributed by atoms with Crippen molar-refractivity contribution in [2.75, 3.05) is 13.7 Å². The molecular formula is C24H28BrNO3. The summed E-state index contributed by atoms with van der Waals surface area (Å²) in [6, 6.07) is 16.3. The standard InChI is InChI=1S/C24H28BrNO3/c1-28-21-12-8-18(9-13-21)24(29-22-4-2-3-5-22)19-14-23(27)26(16-19)15-17-6-10-20(25)11-7-17/h6-13,19,22,24H,2-5,14-16H2,1H3/t19-,24?/m1/s1. The lowest BCUT2D eigenvalue weighted by molar-refractivity contribution is -0.128. The number of hydrogen-bond acceptors (Lipinski definition) is 3. The summed E-state index contributed by atoms with van der Waals surface area (Å²) in [4.78, 5) is 14.7. The van der Waals surface area contributed by atoms with Crippen LogP contribution in [0.2, 0.25) is 0 Å². The lowest BCUT2D eigenvalue weighted by Crippen LogP contribution is -2.27. The highest BCUT2D eigenvalue weighted by atomic mass is 79.9. The largest absolute Gasteiger partial charge is 0.497 e. The molecule has 1 saturated heterocycles. The third kappa shape index (κ3) is 5.01. The van der Waals surface area contributed by atoms with E-state index < -0.39 is 0 Å². The van der Waals surface area contributed by atoms with E-state index in [1.165, 1.54) is 12.8 Å². The Kier molecular flexibility index (Phi) is 6.56. The molecule has 1 unspecified atom stereocenters. The minimum Gasteiger partial charge on any atom is -0.497 e. The Balaban J connectivity index is 1.50. The van der Waals surface area contributed by atoms with E-state index in [0.717, 1.165) is 40.7 Å². The zero-order valence-electron chi connectivity index (χ0n) is 16.9. The van der Waals surface area contributed by atoms with Crippen molar-refractivity contribution in [1.29, 1.82) is 0 Å². The van der Waals surface area contributed by atoms with Crippen LogP contribution in [-0.4, -0.2) is 30.6 Å². The number of nitrogens with zero attached hydrogens (tertiary/aromatic N) is 1. The van der Waals surface area contributed by atoms with Crippen LogP contribution >= 0.6 is 15.9 Å². The Hall–Kier alpha value is -1.85. The molecule has 0 aromatic heterocycles. The van der Waals surface area contributed by atoms with Crippen LogP contribution in [0.4, 0.5) is 0 Å². The molecule has 0 spiro atoms. The van der Waals surface area contributed by atoms with Gasteiger partial charge < -0.3 is 14.4 Å². The van der Waals surface area contributed by atoms with Crippen molar-refractivity contribution >= 4 is 21.8 Å². The first-order chi connectivity index (χ1) is 14.1. The lowest BCUT2D eigenvalue weighted by Gasteiger charge is -2.28. The Morgan fingerprint density at radius 1 is 1.07 bits per heavy atom. The molecule has 4 rings (SSSR count). The van der Waals surface area contributed by atoms with Crippen LogP contribution in [0.25, 0.3) is 0 Å². The van der Waals surface area contributed by atoms with Crippen LogP contribution in [0.15, 0.2) is 53.0 Å². The van der Waals surface area contributed by atoms with E-state index in [9.17, 15) is 4.79 Å². The predicted octanol–water partition coefficient (Wildman–Crippen LogP) is 5.51. The van der Waals surface area contributed by atoms with Crippen molar-refractivity contribution in [3.63, 3.8) is 0 Å². The van der Waals surface area contributed by atoms with Crippen LogP contribution < -0.4 is 4.74 Å². The topological polar surface area (TPSA) is 38.8 Å². The third-order valence-electron chi connectivity index (χ3n) is 6.04. The van der Waals surface area contributed by atoms with E-state index >= 15 is 0 Å². The summed E-state index contributed by atoms with van der Waals surface area (Å²) in [6.45, 7) is 1.39. The van der Waals surface area contributed by atoms with Crippen LogP contribution in [0.3, 0.4) is 0 Å². The van der Waals surface area contributed by atoms with Gasteiger partial charge in [0.15, 0.2) is 0 Å². The Labute approximate surface area is 181 Å². The fourth-order valence-corrected chi connectivity index (χ4v) is 4.72. The van der Waals surface area contributed by atoms with E-state index in [1.54, 1.807) is 7.11 Å². The second kappa shape index (κ2) is 9.31. The van der Waals surface area contributed by atoms with Gasteiger partial charge >= 0.3 is 0 Å². The molecule has 2 aromatic carbocycles. The Bertz CT molecular complexity index is 815. The van der Waals surface area contributed by atoms with Gasteiger partial charge in [0, 0.05) is 29.9 Å². The molecule has 4 nitrogen and oxygen atoms in total. The molecule has 5 heteroatoms. The monoisotopic (exact) mass is 457 g/mol. The summed E-state index contributed by atoms with van der Waals surface area (Å²) in [6.07, 6.45) is 5.50. The van der Waals surface area contributed by atoms with Gasteiger partial charge in [-0.25, -0.2) is 0 Å². The van der Waals surface area contributed by atoms with Gasteiger partial charge in [0.25, 0.3) is 0 Å². The van der Waals surface area contributed by atoms with Crippen molar-refractivity contribution in [1.82, 2.24) is 4.90 Å². The van der Waals surface area contributed by atoms with Gasteiger partial charge in [-0.1, -0.05) is 53.0 Å². The molecule has 2 aromatic rings. The van der Waals surface area contributed by atoms with Gasteiger partial charge in [-0.05, 0) is 48.2 Å². The number of methoxy groups -OCH3 is 1. The first-order valence-electron chi connectivity index (χ1n) is 10.4. The van der Waals surface area contributed by atoms with Crippen molar-refractivity contribution in [3.05, 3.63) is 64.1 Å². The molecule has 0 bridgehead atoms. The normalized spacial score (nSPS) is 21.0. The van der Waals surface area contributed by atoms with Crippen LogP contribution in [0.5, 0.6) is 5.75 Å². The first kappa shape index (κ1) is 20.4. The van der Waals surface area contributed by atoms with Crippen LogP contribution in [0, 0.1) is 5.92 Å².